The fourth-order valence-corrected chi connectivity index (χ4v) is 3.20. The lowest BCUT2D eigenvalue weighted by Crippen LogP contribution is -2.23. The van der Waals surface area contributed by atoms with Crippen molar-refractivity contribution in [3.63, 3.8) is 0 Å². The first-order chi connectivity index (χ1) is 13.1. The number of pyridine rings is 1. The molecule has 0 amide bonds. The highest BCUT2D eigenvalue weighted by atomic mass is 16.5. The van der Waals surface area contributed by atoms with Crippen LogP contribution in [0.5, 0.6) is 5.75 Å². The van der Waals surface area contributed by atoms with Gasteiger partial charge in [0.15, 0.2) is 0 Å². The van der Waals surface area contributed by atoms with E-state index in [1.807, 2.05) is 62.5 Å². The number of fused-ring (bicyclic) bond motifs is 1. The Morgan fingerprint density at radius 2 is 1.74 bits per heavy atom. The summed E-state index contributed by atoms with van der Waals surface area (Å²) >= 11 is 0. The van der Waals surface area contributed by atoms with E-state index in [9.17, 15) is 4.79 Å². The summed E-state index contributed by atoms with van der Waals surface area (Å²) in [6.45, 7) is 3.87. The summed E-state index contributed by atoms with van der Waals surface area (Å²) < 4.78 is 8.87. The summed E-state index contributed by atoms with van der Waals surface area (Å²) in [6.07, 6.45) is 1.88. The van der Waals surface area contributed by atoms with Crippen molar-refractivity contribution < 1.29 is 4.74 Å². The van der Waals surface area contributed by atoms with Crippen molar-refractivity contribution in [1.82, 2.24) is 19.4 Å². The van der Waals surface area contributed by atoms with Gasteiger partial charge in [0.05, 0.1) is 24.4 Å². The third-order valence-corrected chi connectivity index (χ3v) is 4.46. The molecule has 0 N–H and O–H groups in total. The number of nitrogens with zero attached hydrogens (tertiary/aromatic N) is 4. The second-order valence-corrected chi connectivity index (χ2v) is 6.55. The summed E-state index contributed by atoms with van der Waals surface area (Å²) in [5, 5.41) is 9.40. The molecule has 0 aliphatic rings. The Bertz CT molecular complexity index is 1160. The van der Waals surface area contributed by atoms with Crippen LogP contribution in [0.15, 0.2) is 65.6 Å². The fraction of sp³-hybridized carbons (Fsp3) is 0.190. The minimum Gasteiger partial charge on any atom is -0.494 e. The van der Waals surface area contributed by atoms with Gasteiger partial charge < -0.3 is 4.74 Å². The van der Waals surface area contributed by atoms with Gasteiger partial charge in [-0.2, -0.15) is 10.2 Å². The van der Waals surface area contributed by atoms with Crippen LogP contribution in [0.4, 0.5) is 0 Å². The molecule has 0 fully saturated rings. The minimum absolute atomic E-state index is 0.0404. The second kappa shape index (κ2) is 6.72. The topological polar surface area (TPSA) is 61.4 Å². The van der Waals surface area contributed by atoms with E-state index in [1.54, 1.807) is 23.8 Å². The van der Waals surface area contributed by atoms with E-state index in [4.69, 9.17) is 9.84 Å². The molecule has 0 bridgehead atoms. The average molecular weight is 360 g/mol. The first kappa shape index (κ1) is 17.0. The zero-order chi connectivity index (χ0) is 19.0. The quantitative estimate of drug-likeness (QED) is 0.555. The first-order valence-corrected chi connectivity index (χ1v) is 8.81. The molecule has 0 atom stereocenters. The van der Waals surface area contributed by atoms with Crippen molar-refractivity contribution in [1.29, 1.82) is 0 Å². The number of methoxy groups -OCH3 is 1. The van der Waals surface area contributed by atoms with Crippen molar-refractivity contribution in [3.05, 3.63) is 71.1 Å². The largest absolute Gasteiger partial charge is 0.494 e. The predicted molar refractivity (Wildman–Crippen MR) is 105 cm³/mol. The molecule has 3 heterocycles. The predicted octanol–water partition coefficient (Wildman–Crippen LogP) is 3.81. The Balaban J connectivity index is 2.09. The lowest BCUT2D eigenvalue weighted by molar-refractivity contribution is 0.417. The summed E-state index contributed by atoms with van der Waals surface area (Å²) in [5.74, 6) is 0.700. The molecule has 0 spiro atoms. The molecule has 4 rings (SSSR count). The van der Waals surface area contributed by atoms with Crippen LogP contribution in [0.2, 0.25) is 0 Å². The SMILES string of the molecule is COc1cccn2nc(-c3ccccc3)c(-c3ccc(=O)n(C(C)C)n3)c12. The van der Waals surface area contributed by atoms with Crippen LogP contribution in [0.1, 0.15) is 19.9 Å². The number of hydrogen-bond donors (Lipinski definition) is 0. The van der Waals surface area contributed by atoms with Gasteiger partial charge in [-0.3, -0.25) is 4.79 Å². The van der Waals surface area contributed by atoms with Crippen molar-refractivity contribution in [2.45, 2.75) is 19.9 Å². The summed E-state index contributed by atoms with van der Waals surface area (Å²) in [7, 11) is 1.64. The van der Waals surface area contributed by atoms with Crippen LogP contribution < -0.4 is 10.3 Å². The van der Waals surface area contributed by atoms with E-state index < -0.39 is 0 Å². The molecule has 6 heteroatoms. The number of ether oxygens (including phenoxy) is 1. The first-order valence-electron chi connectivity index (χ1n) is 8.81. The molecule has 0 aliphatic heterocycles. The molecule has 27 heavy (non-hydrogen) atoms. The van der Waals surface area contributed by atoms with Gasteiger partial charge in [-0.25, -0.2) is 9.20 Å². The van der Waals surface area contributed by atoms with Crippen LogP contribution in [-0.4, -0.2) is 26.5 Å². The summed E-state index contributed by atoms with van der Waals surface area (Å²) in [4.78, 5) is 12.2. The molecule has 0 radical (unpaired) electrons. The Morgan fingerprint density at radius 3 is 2.44 bits per heavy atom. The summed E-state index contributed by atoms with van der Waals surface area (Å²) in [5.41, 5.74) is 3.98. The Labute approximate surface area is 156 Å². The van der Waals surface area contributed by atoms with Gasteiger partial charge in [-0.05, 0) is 32.0 Å². The Morgan fingerprint density at radius 1 is 0.963 bits per heavy atom. The number of aromatic nitrogens is 4. The van der Waals surface area contributed by atoms with Crippen molar-refractivity contribution in [3.8, 4) is 28.3 Å². The normalized spacial score (nSPS) is 11.3. The fourth-order valence-electron chi connectivity index (χ4n) is 3.20. The highest BCUT2D eigenvalue weighted by molar-refractivity contribution is 5.93. The lowest BCUT2D eigenvalue weighted by Gasteiger charge is -2.11. The molecule has 136 valence electrons. The van der Waals surface area contributed by atoms with Gasteiger partial charge in [0, 0.05) is 17.8 Å². The average Bonchev–Trinajstić information content (AvgIpc) is 3.08. The zero-order valence-electron chi connectivity index (χ0n) is 15.5. The van der Waals surface area contributed by atoms with Crippen LogP contribution in [0.25, 0.3) is 28.0 Å². The molecule has 3 aromatic heterocycles. The van der Waals surface area contributed by atoms with E-state index in [2.05, 4.69) is 5.10 Å². The maximum absolute atomic E-state index is 12.2. The van der Waals surface area contributed by atoms with Crippen molar-refractivity contribution in [2.24, 2.45) is 0 Å². The van der Waals surface area contributed by atoms with E-state index in [0.29, 0.717) is 11.4 Å². The molecule has 0 aliphatic carbocycles. The molecular weight excluding hydrogens is 340 g/mol. The lowest BCUT2D eigenvalue weighted by atomic mass is 10.0. The highest BCUT2D eigenvalue weighted by Crippen LogP contribution is 2.37. The van der Waals surface area contributed by atoms with Gasteiger partial charge in [0.2, 0.25) is 0 Å². The minimum atomic E-state index is -0.126. The van der Waals surface area contributed by atoms with Gasteiger partial charge in [0.1, 0.15) is 17.0 Å². The molecular formula is C21H20N4O2. The monoisotopic (exact) mass is 360 g/mol. The Kier molecular flexibility index (Phi) is 4.24. The van der Waals surface area contributed by atoms with Crippen LogP contribution in [-0.2, 0) is 0 Å². The van der Waals surface area contributed by atoms with Gasteiger partial charge in [-0.1, -0.05) is 30.3 Å². The third kappa shape index (κ3) is 2.89. The molecule has 6 nitrogen and oxygen atoms in total. The van der Waals surface area contributed by atoms with Crippen LogP contribution in [0.3, 0.4) is 0 Å². The van der Waals surface area contributed by atoms with E-state index in [1.165, 1.54) is 4.68 Å². The van der Waals surface area contributed by atoms with Gasteiger partial charge >= 0.3 is 0 Å². The molecule has 0 saturated carbocycles. The van der Waals surface area contributed by atoms with Crippen molar-refractivity contribution in [2.75, 3.05) is 7.11 Å². The number of rotatable bonds is 4. The van der Waals surface area contributed by atoms with Gasteiger partial charge in [0.25, 0.3) is 5.56 Å². The van der Waals surface area contributed by atoms with E-state index in [-0.39, 0.29) is 11.6 Å². The Hall–Kier alpha value is -3.41. The second-order valence-electron chi connectivity index (χ2n) is 6.55. The number of hydrogen-bond acceptors (Lipinski definition) is 4. The molecule has 0 saturated heterocycles. The van der Waals surface area contributed by atoms with E-state index >= 15 is 0 Å². The van der Waals surface area contributed by atoms with Gasteiger partial charge in [-0.15, -0.1) is 0 Å². The van der Waals surface area contributed by atoms with Crippen molar-refractivity contribution >= 4 is 5.52 Å². The highest BCUT2D eigenvalue weighted by Gasteiger charge is 2.21. The molecule has 1 aromatic carbocycles. The maximum Gasteiger partial charge on any atom is 0.267 e. The smallest absolute Gasteiger partial charge is 0.267 e. The van der Waals surface area contributed by atoms with E-state index in [0.717, 1.165) is 22.3 Å². The standard InChI is InChI=1S/C21H20N4O2/c1-14(2)25-18(26)12-11-16(22-25)19-20(15-8-5-4-6-9-15)23-24-13-7-10-17(27-3)21(19)24/h4-14H,1-3H3. The third-order valence-electron chi connectivity index (χ3n) is 4.46. The zero-order valence-corrected chi connectivity index (χ0v) is 15.5. The molecule has 0 unspecified atom stereocenters. The maximum atomic E-state index is 12.2. The van der Waals surface area contributed by atoms with Crippen LogP contribution in [0, 0.1) is 0 Å². The van der Waals surface area contributed by atoms with Crippen LogP contribution >= 0.6 is 0 Å². The summed E-state index contributed by atoms with van der Waals surface area (Å²) in [6, 6.07) is 17.0. The molecule has 4 aromatic rings. The number of benzene rings is 1.